The van der Waals surface area contributed by atoms with Crippen LogP contribution < -0.4 is 10.6 Å². The van der Waals surface area contributed by atoms with Crippen LogP contribution in [0.2, 0.25) is 0 Å². The van der Waals surface area contributed by atoms with Gasteiger partial charge in [0, 0.05) is 29.2 Å². The summed E-state index contributed by atoms with van der Waals surface area (Å²) >= 11 is 6.82. The Balaban J connectivity index is 3.33. The van der Waals surface area contributed by atoms with Crippen LogP contribution >= 0.6 is 24.0 Å². The Morgan fingerprint density at radius 2 is 2.06 bits per heavy atom. The molecule has 0 aliphatic heterocycles. The molecule has 16 heavy (non-hydrogen) atoms. The van der Waals surface area contributed by atoms with Crippen LogP contribution in [0.4, 0.5) is 5.69 Å². The van der Waals surface area contributed by atoms with Gasteiger partial charge in [-0.3, -0.25) is 0 Å². The molecule has 1 aromatic rings. The quantitative estimate of drug-likeness (QED) is 0.661. The number of nitrogens with two attached hydrogens (primary N) is 1. The average molecular weight is 254 g/mol. The molecule has 0 unspecified atom stereocenters. The third kappa shape index (κ3) is 2.68. The molecule has 0 heterocycles. The molecule has 2 N–H and O–H groups in total. The highest BCUT2D eigenvalue weighted by molar-refractivity contribution is 7.98. The van der Waals surface area contributed by atoms with E-state index in [1.165, 1.54) is 0 Å². The topological polar surface area (TPSA) is 29.3 Å². The van der Waals surface area contributed by atoms with Crippen molar-refractivity contribution in [3.05, 3.63) is 23.8 Å². The maximum absolute atomic E-state index is 5.82. The minimum absolute atomic E-state index is 0.421. The van der Waals surface area contributed by atoms with Crippen LogP contribution in [0.3, 0.4) is 0 Å². The second-order valence-corrected chi connectivity index (χ2v) is 5.21. The van der Waals surface area contributed by atoms with E-state index in [-0.39, 0.29) is 0 Å². The van der Waals surface area contributed by atoms with Gasteiger partial charge in [0.25, 0.3) is 0 Å². The summed E-state index contributed by atoms with van der Waals surface area (Å²) in [4.78, 5) is 3.79. The number of hydrogen-bond donors (Lipinski definition) is 1. The van der Waals surface area contributed by atoms with Crippen molar-refractivity contribution in [3.63, 3.8) is 0 Å². The highest BCUT2D eigenvalue weighted by Crippen LogP contribution is 2.29. The van der Waals surface area contributed by atoms with E-state index in [1.54, 1.807) is 11.8 Å². The molecule has 1 rings (SSSR count). The first-order chi connectivity index (χ1) is 7.49. The third-order valence-electron chi connectivity index (χ3n) is 2.63. The summed E-state index contributed by atoms with van der Waals surface area (Å²) < 4.78 is 0. The Bertz CT molecular complexity index is 389. The van der Waals surface area contributed by atoms with Crippen molar-refractivity contribution in [3.8, 4) is 0 Å². The summed E-state index contributed by atoms with van der Waals surface area (Å²) in [6, 6.07) is 6.58. The standard InChI is InChI=1S/C12H18N2S2/c1-8(2)14(3)9-6-5-7-10(16-4)11(9)12(13)15/h5-8H,1-4H3,(H2,13,15). The lowest BCUT2D eigenvalue weighted by molar-refractivity contribution is 0.753. The monoisotopic (exact) mass is 254 g/mol. The summed E-state index contributed by atoms with van der Waals surface area (Å²) in [6.45, 7) is 4.30. The molecule has 0 radical (unpaired) electrons. The predicted molar refractivity (Wildman–Crippen MR) is 77.6 cm³/mol. The lowest BCUT2D eigenvalue weighted by atomic mass is 10.1. The van der Waals surface area contributed by atoms with E-state index < -0.39 is 0 Å². The van der Waals surface area contributed by atoms with E-state index in [0.29, 0.717) is 11.0 Å². The summed E-state index contributed by atoms with van der Waals surface area (Å²) in [7, 11) is 2.06. The van der Waals surface area contributed by atoms with Crippen molar-refractivity contribution < 1.29 is 0 Å². The molecule has 0 saturated heterocycles. The second-order valence-electron chi connectivity index (χ2n) is 3.92. The van der Waals surface area contributed by atoms with Gasteiger partial charge < -0.3 is 10.6 Å². The van der Waals surface area contributed by atoms with Crippen LogP contribution in [0.1, 0.15) is 19.4 Å². The van der Waals surface area contributed by atoms with E-state index in [2.05, 4.69) is 37.9 Å². The Hall–Kier alpha value is -0.740. The molecule has 0 atom stereocenters. The van der Waals surface area contributed by atoms with Gasteiger partial charge in [-0.1, -0.05) is 18.3 Å². The number of anilines is 1. The third-order valence-corrected chi connectivity index (χ3v) is 3.61. The molecular weight excluding hydrogens is 236 g/mol. The molecule has 0 aromatic heterocycles. The smallest absolute Gasteiger partial charge is 0.107 e. The van der Waals surface area contributed by atoms with Crippen LogP contribution in [0, 0.1) is 0 Å². The normalized spacial score (nSPS) is 10.6. The van der Waals surface area contributed by atoms with E-state index in [1.807, 2.05) is 12.3 Å². The van der Waals surface area contributed by atoms with Crippen molar-refractivity contribution in [2.45, 2.75) is 24.8 Å². The fourth-order valence-corrected chi connectivity index (χ4v) is 2.42. The zero-order valence-corrected chi connectivity index (χ0v) is 11.8. The number of benzene rings is 1. The minimum atomic E-state index is 0.421. The van der Waals surface area contributed by atoms with Crippen LogP contribution in [0.5, 0.6) is 0 Å². The molecule has 1 aromatic carbocycles. The molecule has 0 fully saturated rings. The Labute approximate surface area is 107 Å². The van der Waals surface area contributed by atoms with E-state index in [0.717, 1.165) is 16.1 Å². The van der Waals surface area contributed by atoms with Crippen molar-refractivity contribution in [2.24, 2.45) is 5.73 Å². The fourth-order valence-electron chi connectivity index (χ4n) is 1.51. The van der Waals surface area contributed by atoms with Gasteiger partial charge in [0.05, 0.1) is 0 Å². The predicted octanol–water partition coefficient (Wildman–Crippen LogP) is 2.89. The first-order valence-electron chi connectivity index (χ1n) is 5.18. The van der Waals surface area contributed by atoms with Gasteiger partial charge in [0.2, 0.25) is 0 Å². The Morgan fingerprint density at radius 3 is 2.50 bits per heavy atom. The van der Waals surface area contributed by atoms with Crippen molar-refractivity contribution in [2.75, 3.05) is 18.2 Å². The first-order valence-corrected chi connectivity index (χ1v) is 6.82. The van der Waals surface area contributed by atoms with Crippen LogP contribution in [-0.2, 0) is 0 Å². The summed E-state index contributed by atoms with van der Waals surface area (Å²) in [5.41, 5.74) is 7.91. The lowest BCUT2D eigenvalue weighted by Crippen LogP contribution is -2.28. The van der Waals surface area contributed by atoms with Crippen LogP contribution in [-0.4, -0.2) is 24.3 Å². The van der Waals surface area contributed by atoms with Gasteiger partial charge in [-0.15, -0.1) is 11.8 Å². The van der Waals surface area contributed by atoms with Gasteiger partial charge in [-0.05, 0) is 32.2 Å². The first kappa shape index (κ1) is 13.3. The van der Waals surface area contributed by atoms with E-state index >= 15 is 0 Å². The second kappa shape index (κ2) is 5.55. The van der Waals surface area contributed by atoms with Crippen molar-refractivity contribution in [1.82, 2.24) is 0 Å². The Morgan fingerprint density at radius 1 is 1.44 bits per heavy atom. The van der Waals surface area contributed by atoms with E-state index in [9.17, 15) is 0 Å². The zero-order chi connectivity index (χ0) is 12.3. The molecule has 0 aliphatic carbocycles. The molecule has 4 heteroatoms. The molecule has 0 saturated carbocycles. The number of nitrogens with zero attached hydrogens (tertiary/aromatic N) is 1. The molecule has 0 aliphatic rings. The van der Waals surface area contributed by atoms with Crippen molar-refractivity contribution >= 4 is 34.7 Å². The lowest BCUT2D eigenvalue weighted by Gasteiger charge is -2.27. The van der Waals surface area contributed by atoms with Gasteiger partial charge >= 0.3 is 0 Å². The summed E-state index contributed by atoms with van der Waals surface area (Å²) in [6.07, 6.45) is 2.04. The summed E-state index contributed by atoms with van der Waals surface area (Å²) in [5.74, 6) is 0. The molecule has 2 nitrogen and oxygen atoms in total. The molecule has 0 bridgehead atoms. The largest absolute Gasteiger partial charge is 0.389 e. The fraction of sp³-hybridized carbons (Fsp3) is 0.417. The molecular formula is C12H18N2S2. The Kier molecular flexibility index (Phi) is 4.62. The highest BCUT2D eigenvalue weighted by atomic mass is 32.2. The maximum atomic E-state index is 5.82. The minimum Gasteiger partial charge on any atom is -0.389 e. The van der Waals surface area contributed by atoms with Gasteiger partial charge in [-0.2, -0.15) is 0 Å². The SMILES string of the molecule is CSc1cccc(N(C)C(C)C)c1C(N)=S. The van der Waals surface area contributed by atoms with Gasteiger partial charge in [0.1, 0.15) is 4.99 Å². The molecule has 0 amide bonds. The average Bonchev–Trinajstić information content (AvgIpc) is 2.26. The number of thioether (sulfide) groups is 1. The van der Waals surface area contributed by atoms with Crippen LogP contribution in [0.25, 0.3) is 0 Å². The number of rotatable bonds is 4. The van der Waals surface area contributed by atoms with Crippen LogP contribution in [0.15, 0.2) is 23.1 Å². The zero-order valence-electron chi connectivity index (χ0n) is 10.2. The van der Waals surface area contributed by atoms with Crippen molar-refractivity contribution in [1.29, 1.82) is 0 Å². The molecule has 88 valence electrons. The number of thiocarbonyl (C=S) groups is 1. The molecule has 0 spiro atoms. The highest BCUT2D eigenvalue weighted by Gasteiger charge is 2.15. The summed E-state index contributed by atoms with van der Waals surface area (Å²) in [5, 5.41) is 0. The maximum Gasteiger partial charge on any atom is 0.107 e. The van der Waals surface area contributed by atoms with E-state index in [4.69, 9.17) is 18.0 Å². The van der Waals surface area contributed by atoms with Gasteiger partial charge in [-0.25, -0.2) is 0 Å². The van der Waals surface area contributed by atoms with Gasteiger partial charge in [0.15, 0.2) is 0 Å². The number of hydrogen-bond acceptors (Lipinski definition) is 3.